The first-order chi connectivity index (χ1) is 6.72. The van der Waals surface area contributed by atoms with Crippen LogP contribution in [0.3, 0.4) is 0 Å². The SMILES string of the molecule is CCOc1cc(Cl)nn2c(C)nnc12. The summed E-state index contributed by atoms with van der Waals surface area (Å²) in [5, 5.41) is 12.3. The van der Waals surface area contributed by atoms with Gasteiger partial charge in [0.05, 0.1) is 6.61 Å². The maximum absolute atomic E-state index is 5.82. The largest absolute Gasteiger partial charge is 0.490 e. The molecule has 0 saturated carbocycles. The zero-order chi connectivity index (χ0) is 10.1. The molecule has 0 bridgehead atoms. The Morgan fingerprint density at radius 3 is 3.00 bits per heavy atom. The van der Waals surface area contributed by atoms with Crippen LogP contribution in [-0.4, -0.2) is 26.4 Å². The molecule has 0 unspecified atom stereocenters. The maximum Gasteiger partial charge on any atom is 0.220 e. The molecule has 0 amide bonds. The molecule has 0 aliphatic rings. The lowest BCUT2D eigenvalue weighted by Gasteiger charge is -2.03. The third kappa shape index (κ3) is 1.39. The van der Waals surface area contributed by atoms with Gasteiger partial charge in [-0.05, 0) is 13.8 Å². The van der Waals surface area contributed by atoms with E-state index in [4.69, 9.17) is 16.3 Å². The number of hydrogen-bond donors (Lipinski definition) is 0. The van der Waals surface area contributed by atoms with Gasteiger partial charge in [-0.3, -0.25) is 0 Å². The molecular weight excluding hydrogens is 204 g/mol. The molecule has 0 spiro atoms. The second-order valence-electron chi connectivity index (χ2n) is 2.75. The quantitative estimate of drug-likeness (QED) is 0.757. The van der Waals surface area contributed by atoms with Crippen LogP contribution < -0.4 is 4.74 Å². The minimum Gasteiger partial charge on any atom is -0.490 e. The first-order valence-electron chi connectivity index (χ1n) is 4.23. The van der Waals surface area contributed by atoms with Crippen molar-refractivity contribution in [2.45, 2.75) is 13.8 Å². The van der Waals surface area contributed by atoms with E-state index in [2.05, 4.69) is 15.3 Å². The molecule has 0 atom stereocenters. The summed E-state index contributed by atoms with van der Waals surface area (Å²) in [5.41, 5.74) is 0.591. The van der Waals surface area contributed by atoms with E-state index in [1.54, 1.807) is 17.5 Å². The maximum atomic E-state index is 5.82. The van der Waals surface area contributed by atoms with Gasteiger partial charge in [0.25, 0.3) is 0 Å². The number of aromatic nitrogens is 4. The molecule has 0 saturated heterocycles. The average molecular weight is 213 g/mol. The normalized spacial score (nSPS) is 10.8. The van der Waals surface area contributed by atoms with Gasteiger partial charge >= 0.3 is 0 Å². The van der Waals surface area contributed by atoms with Crippen LogP contribution >= 0.6 is 11.6 Å². The minimum atomic E-state index is 0.365. The Morgan fingerprint density at radius 2 is 2.29 bits per heavy atom. The highest BCUT2D eigenvalue weighted by atomic mass is 35.5. The van der Waals surface area contributed by atoms with Gasteiger partial charge in [0.15, 0.2) is 16.7 Å². The lowest BCUT2D eigenvalue weighted by atomic mass is 10.5. The molecule has 14 heavy (non-hydrogen) atoms. The van der Waals surface area contributed by atoms with Crippen molar-refractivity contribution in [3.63, 3.8) is 0 Å². The van der Waals surface area contributed by atoms with Gasteiger partial charge < -0.3 is 4.74 Å². The summed E-state index contributed by atoms with van der Waals surface area (Å²) in [7, 11) is 0. The third-order valence-corrected chi connectivity index (χ3v) is 1.95. The van der Waals surface area contributed by atoms with Crippen molar-refractivity contribution in [1.29, 1.82) is 0 Å². The fraction of sp³-hybridized carbons (Fsp3) is 0.375. The van der Waals surface area contributed by atoms with Crippen molar-refractivity contribution < 1.29 is 4.74 Å². The highest BCUT2D eigenvalue weighted by Crippen LogP contribution is 2.21. The van der Waals surface area contributed by atoms with Crippen molar-refractivity contribution in [2.75, 3.05) is 6.61 Å². The average Bonchev–Trinajstić information content (AvgIpc) is 2.49. The number of ether oxygens (including phenoxy) is 1. The molecule has 74 valence electrons. The first kappa shape index (κ1) is 9.21. The minimum absolute atomic E-state index is 0.365. The Labute approximate surface area is 85.7 Å². The molecule has 2 rings (SSSR count). The molecule has 0 aliphatic heterocycles. The van der Waals surface area contributed by atoms with E-state index in [9.17, 15) is 0 Å². The van der Waals surface area contributed by atoms with Gasteiger partial charge in [-0.2, -0.15) is 9.61 Å². The summed E-state index contributed by atoms with van der Waals surface area (Å²) in [6, 6.07) is 1.63. The van der Waals surface area contributed by atoms with Gasteiger partial charge in [-0.15, -0.1) is 10.2 Å². The molecule has 0 fully saturated rings. The lowest BCUT2D eigenvalue weighted by Crippen LogP contribution is -1.99. The molecular formula is C8H9ClN4O. The summed E-state index contributed by atoms with van der Waals surface area (Å²) >= 11 is 5.82. The molecule has 2 heterocycles. The fourth-order valence-corrected chi connectivity index (χ4v) is 1.36. The number of rotatable bonds is 2. The zero-order valence-corrected chi connectivity index (χ0v) is 8.62. The van der Waals surface area contributed by atoms with Gasteiger partial charge in [0.2, 0.25) is 5.65 Å². The monoisotopic (exact) mass is 212 g/mol. The van der Waals surface area contributed by atoms with Gasteiger partial charge in [0, 0.05) is 6.07 Å². The second-order valence-corrected chi connectivity index (χ2v) is 3.13. The molecule has 0 N–H and O–H groups in total. The Kier molecular flexibility index (Phi) is 2.25. The number of nitrogens with zero attached hydrogens (tertiary/aromatic N) is 4. The summed E-state index contributed by atoms with van der Waals surface area (Å²) in [4.78, 5) is 0. The lowest BCUT2D eigenvalue weighted by molar-refractivity contribution is 0.341. The number of aryl methyl sites for hydroxylation is 1. The van der Waals surface area contributed by atoms with Crippen molar-refractivity contribution in [1.82, 2.24) is 19.8 Å². The van der Waals surface area contributed by atoms with E-state index in [1.807, 2.05) is 6.92 Å². The Morgan fingerprint density at radius 1 is 1.50 bits per heavy atom. The molecule has 2 aromatic rings. The van der Waals surface area contributed by atoms with Crippen molar-refractivity contribution in [3.05, 3.63) is 17.0 Å². The van der Waals surface area contributed by atoms with Crippen LogP contribution in [0.1, 0.15) is 12.7 Å². The van der Waals surface area contributed by atoms with Crippen LogP contribution in [0.4, 0.5) is 0 Å². The summed E-state index contributed by atoms with van der Waals surface area (Å²) < 4.78 is 6.93. The predicted molar refractivity (Wildman–Crippen MR) is 51.7 cm³/mol. The fourth-order valence-electron chi connectivity index (χ4n) is 1.19. The summed E-state index contributed by atoms with van der Waals surface area (Å²) in [6.45, 7) is 4.26. The third-order valence-electron chi connectivity index (χ3n) is 1.76. The molecule has 0 aromatic carbocycles. The van der Waals surface area contributed by atoms with E-state index < -0.39 is 0 Å². The predicted octanol–water partition coefficient (Wildman–Crippen LogP) is 1.48. The van der Waals surface area contributed by atoms with Crippen LogP contribution in [0.15, 0.2) is 6.07 Å². The smallest absolute Gasteiger partial charge is 0.220 e. The van der Waals surface area contributed by atoms with E-state index in [0.717, 1.165) is 0 Å². The van der Waals surface area contributed by atoms with Crippen molar-refractivity contribution >= 4 is 17.2 Å². The van der Waals surface area contributed by atoms with Gasteiger partial charge in [-0.25, -0.2) is 0 Å². The first-order valence-corrected chi connectivity index (χ1v) is 4.61. The van der Waals surface area contributed by atoms with Gasteiger partial charge in [0.1, 0.15) is 0 Å². The topological polar surface area (TPSA) is 52.3 Å². The molecule has 6 heteroatoms. The molecule has 0 radical (unpaired) electrons. The van der Waals surface area contributed by atoms with Gasteiger partial charge in [-0.1, -0.05) is 11.6 Å². The van der Waals surface area contributed by atoms with E-state index in [1.165, 1.54) is 0 Å². The second kappa shape index (κ2) is 3.42. The Bertz CT molecular complexity index is 468. The summed E-state index contributed by atoms with van der Waals surface area (Å²) in [6.07, 6.45) is 0. The molecule has 0 aliphatic carbocycles. The van der Waals surface area contributed by atoms with Crippen LogP contribution in [0.5, 0.6) is 5.75 Å². The molecule has 2 aromatic heterocycles. The van der Waals surface area contributed by atoms with E-state index >= 15 is 0 Å². The Balaban J connectivity index is 2.68. The zero-order valence-electron chi connectivity index (χ0n) is 7.86. The van der Waals surface area contributed by atoms with E-state index in [0.29, 0.717) is 29.0 Å². The Hall–Kier alpha value is -1.36. The molecule has 5 nitrogen and oxygen atoms in total. The van der Waals surface area contributed by atoms with Crippen LogP contribution in [0.25, 0.3) is 5.65 Å². The highest BCUT2D eigenvalue weighted by molar-refractivity contribution is 6.29. The number of hydrogen-bond acceptors (Lipinski definition) is 4. The van der Waals surface area contributed by atoms with E-state index in [-0.39, 0.29) is 0 Å². The number of fused-ring (bicyclic) bond motifs is 1. The van der Waals surface area contributed by atoms with Crippen LogP contribution in [-0.2, 0) is 0 Å². The van der Waals surface area contributed by atoms with Crippen molar-refractivity contribution in [3.8, 4) is 5.75 Å². The number of halogens is 1. The highest BCUT2D eigenvalue weighted by Gasteiger charge is 2.10. The van der Waals surface area contributed by atoms with Crippen molar-refractivity contribution in [2.24, 2.45) is 0 Å². The van der Waals surface area contributed by atoms with Crippen LogP contribution in [0.2, 0.25) is 5.15 Å². The summed E-state index contributed by atoms with van der Waals surface area (Å²) in [5.74, 6) is 1.29. The standard InChI is InChI=1S/C8H9ClN4O/c1-3-14-6-4-7(9)12-13-5(2)10-11-8(6)13/h4H,3H2,1-2H3. The van der Waals surface area contributed by atoms with Crippen LogP contribution in [0, 0.1) is 6.92 Å².